The van der Waals surface area contributed by atoms with Gasteiger partial charge in [0.15, 0.2) is 11.5 Å². The van der Waals surface area contributed by atoms with Crippen LogP contribution in [-0.2, 0) is 4.79 Å². The van der Waals surface area contributed by atoms with Gasteiger partial charge in [-0.2, -0.15) is 5.26 Å². The Morgan fingerprint density at radius 2 is 2.40 bits per heavy atom. The summed E-state index contributed by atoms with van der Waals surface area (Å²) in [5.74, 6) is 0.561. The van der Waals surface area contributed by atoms with Gasteiger partial charge >= 0.3 is 0 Å². The van der Waals surface area contributed by atoms with E-state index in [-0.39, 0.29) is 30.7 Å². The molecule has 2 atom stereocenters. The molecule has 0 unspecified atom stereocenters. The summed E-state index contributed by atoms with van der Waals surface area (Å²) in [6, 6.07) is 6.32. The summed E-state index contributed by atoms with van der Waals surface area (Å²) in [4.78, 5) is 12.0. The largest absolute Gasteiger partial charge is 0.508 e. The second-order valence-corrected chi connectivity index (χ2v) is 4.52. The van der Waals surface area contributed by atoms with Gasteiger partial charge in [-0.05, 0) is 18.6 Å². The number of nitriles is 1. The Hall–Kier alpha value is -2.42. The smallest absolute Gasteiger partial charge is 0.264 e. The highest BCUT2D eigenvalue weighted by atomic mass is 16.6. The van der Waals surface area contributed by atoms with Crippen LogP contribution in [0.4, 0.5) is 0 Å². The molecule has 20 heavy (non-hydrogen) atoms. The van der Waals surface area contributed by atoms with Crippen LogP contribution in [0.15, 0.2) is 18.2 Å². The van der Waals surface area contributed by atoms with Crippen molar-refractivity contribution in [1.29, 1.82) is 5.26 Å². The van der Waals surface area contributed by atoms with E-state index in [1.807, 2.05) is 13.0 Å². The molecule has 0 radical (unpaired) electrons. The topological polar surface area (TPSA) is 91.6 Å². The SMILES string of the molecule is CC[C@@H](CC#N)NC(=O)[C@H]1COc2ccc(O)cc2O1. The Morgan fingerprint density at radius 3 is 3.10 bits per heavy atom. The molecule has 1 heterocycles. The number of aromatic hydroxyl groups is 1. The maximum absolute atomic E-state index is 12.0. The lowest BCUT2D eigenvalue weighted by atomic mass is 10.1. The number of benzene rings is 1. The number of phenols is 1. The van der Waals surface area contributed by atoms with Crippen molar-refractivity contribution in [3.05, 3.63) is 18.2 Å². The van der Waals surface area contributed by atoms with Crippen molar-refractivity contribution in [1.82, 2.24) is 5.32 Å². The van der Waals surface area contributed by atoms with Crippen molar-refractivity contribution < 1.29 is 19.4 Å². The first-order valence-corrected chi connectivity index (χ1v) is 6.43. The predicted octanol–water partition coefficient (Wildman–Crippen LogP) is 1.34. The molecule has 1 aliphatic rings. The standard InChI is InChI=1S/C14H16N2O4/c1-2-9(5-6-15)16-14(18)13-8-19-11-4-3-10(17)7-12(11)20-13/h3-4,7,9,13,17H,2,5,8H2,1H3,(H,16,18)/t9-,13+/m0/s1. The maximum Gasteiger partial charge on any atom is 0.264 e. The molecule has 2 rings (SSSR count). The summed E-state index contributed by atoms with van der Waals surface area (Å²) < 4.78 is 10.9. The van der Waals surface area contributed by atoms with Crippen LogP contribution in [0, 0.1) is 11.3 Å². The van der Waals surface area contributed by atoms with Gasteiger partial charge in [-0.1, -0.05) is 6.92 Å². The molecule has 0 saturated carbocycles. The number of fused-ring (bicyclic) bond motifs is 1. The number of carbonyl (C=O) groups is 1. The zero-order valence-electron chi connectivity index (χ0n) is 11.1. The maximum atomic E-state index is 12.0. The molecule has 1 aromatic rings. The van der Waals surface area contributed by atoms with E-state index < -0.39 is 6.10 Å². The van der Waals surface area contributed by atoms with E-state index in [0.29, 0.717) is 17.9 Å². The van der Waals surface area contributed by atoms with Crippen molar-refractivity contribution in [2.45, 2.75) is 31.9 Å². The summed E-state index contributed by atoms with van der Waals surface area (Å²) in [6.07, 6.45) is 0.148. The Kier molecular flexibility index (Phi) is 4.31. The number of nitrogens with zero attached hydrogens (tertiary/aromatic N) is 1. The van der Waals surface area contributed by atoms with Crippen LogP contribution < -0.4 is 14.8 Å². The molecule has 0 spiro atoms. The highest BCUT2D eigenvalue weighted by Gasteiger charge is 2.28. The van der Waals surface area contributed by atoms with Crippen molar-refractivity contribution in [3.63, 3.8) is 0 Å². The van der Waals surface area contributed by atoms with E-state index in [9.17, 15) is 9.90 Å². The number of ether oxygens (including phenoxy) is 2. The molecule has 0 fully saturated rings. The Balaban J connectivity index is 2.01. The highest BCUT2D eigenvalue weighted by molar-refractivity contribution is 5.82. The van der Waals surface area contributed by atoms with E-state index in [2.05, 4.69) is 5.32 Å². The van der Waals surface area contributed by atoms with Gasteiger partial charge in [0, 0.05) is 12.1 Å². The molecule has 0 aromatic heterocycles. The lowest BCUT2D eigenvalue weighted by Gasteiger charge is -2.27. The average Bonchev–Trinajstić information content (AvgIpc) is 2.45. The average molecular weight is 276 g/mol. The molecule has 0 saturated heterocycles. The highest BCUT2D eigenvalue weighted by Crippen LogP contribution is 2.34. The lowest BCUT2D eigenvalue weighted by molar-refractivity contribution is -0.131. The number of carbonyl (C=O) groups excluding carboxylic acids is 1. The first-order valence-electron chi connectivity index (χ1n) is 6.43. The van der Waals surface area contributed by atoms with E-state index in [1.165, 1.54) is 12.1 Å². The van der Waals surface area contributed by atoms with Crippen molar-refractivity contribution >= 4 is 5.91 Å². The van der Waals surface area contributed by atoms with E-state index in [4.69, 9.17) is 14.7 Å². The van der Waals surface area contributed by atoms with E-state index >= 15 is 0 Å². The summed E-state index contributed by atoms with van der Waals surface area (Å²) in [5.41, 5.74) is 0. The fourth-order valence-electron chi connectivity index (χ4n) is 1.89. The molecule has 0 aliphatic carbocycles. The van der Waals surface area contributed by atoms with Crippen molar-refractivity contribution in [3.8, 4) is 23.3 Å². The monoisotopic (exact) mass is 276 g/mol. The second-order valence-electron chi connectivity index (χ2n) is 4.52. The summed E-state index contributed by atoms with van der Waals surface area (Å²) in [5, 5.41) is 20.8. The van der Waals surface area contributed by atoms with Crippen LogP contribution in [0.25, 0.3) is 0 Å². The fourth-order valence-corrected chi connectivity index (χ4v) is 1.89. The summed E-state index contributed by atoms with van der Waals surface area (Å²) in [7, 11) is 0. The van der Waals surface area contributed by atoms with Gasteiger partial charge < -0.3 is 19.9 Å². The van der Waals surface area contributed by atoms with Gasteiger partial charge in [0.1, 0.15) is 12.4 Å². The molecular formula is C14H16N2O4. The predicted molar refractivity (Wildman–Crippen MR) is 70.5 cm³/mol. The van der Waals surface area contributed by atoms with Gasteiger partial charge in [0.05, 0.1) is 12.5 Å². The minimum absolute atomic E-state index is 0.0457. The van der Waals surface area contributed by atoms with Crippen LogP contribution >= 0.6 is 0 Å². The third-order valence-corrected chi connectivity index (χ3v) is 3.06. The second kappa shape index (κ2) is 6.15. The molecule has 1 aliphatic heterocycles. The zero-order chi connectivity index (χ0) is 14.5. The lowest BCUT2D eigenvalue weighted by Crippen LogP contribution is -2.47. The molecule has 6 nitrogen and oxygen atoms in total. The normalized spacial score (nSPS) is 17.9. The van der Waals surface area contributed by atoms with Crippen molar-refractivity contribution in [2.75, 3.05) is 6.61 Å². The number of hydrogen-bond acceptors (Lipinski definition) is 5. The van der Waals surface area contributed by atoms with E-state index in [0.717, 1.165) is 0 Å². The first-order chi connectivity index (χ1) is 9.63. The Labute approximate surface area is 116 Å². The number of amides is 1. The molecule has 0 bridgehead atoms. The van der Waals surface area contributed by atoms with Crippen LogP contribution in [0.2, 0.25) is 0 Å². The van der Waals surface area contributed by atoms with Gasteiger partial charge in [-0.3, -0.25) is 4.79 Å². The van der Waals surface area contributed by atoms with Gasteiger partial charge in [0.2, 0.25) is 6.10 Å². The first kappa shape index (κ1) is 14.0. The van der Waals surface area contributed by atoms with Crippen molar-refractivity contribution in [2.24, 2.45) is 0 Å². The molecule has 1 amide bonds. The van der Waals surface area contributed by atoms with Crippen LogP contribution in [-0.4, -0.2) is 29.8 Å². The number of phenolic OH excluding ortho intramolecular Hbond substituents is 1. The van der Waals surface area contributed by atoms with E-state index in [1.54, 1.807) is 6.07 Å². The Bertz CT molecular complexity index is 538. The molecule has 6 heteroatoms. The molecule has 2 N–H and O–H groups in total. The number of nitrogens with one attached hydrogen (secondary N) is 1. The fraction of sp³-hybridized carbons (Fsp3) is 0.429. The molecule has 106 valence electrons. The Morgan fingerprint density at radius 1 is 1.60 bits per heavy atom. The third-order valence-electron chi connectivity index (χ3n) is 3.06. The molecular weight excluding hydrogens is 260 g/mol. The zero-order valence-corrected chi connectivity index (χ0v) is 11.1. The quantitative estimate of drug-likeness (QED) is 0.865. The summed E-state index contributed by atoms with van der Waals surface area (Å²) >= 11 is 0. The van der Waals surface area contributed by atoms with Gasteiger partial charge in [0.25, 0.3) is 5.91 Å². The van der Waals surface area contributed by atoms with Gasteiger partial charge in [-0.15, -0.1) is 0 Å². The number of rotatable bonds is 4. The molecule has 1 aromatic carbocycles. The third kappa shape index (κ3) is 3.12. The minimum Gasteiger partial charge on any atom is -0.508 e. The summed E-state index contributed by atoms with van der Waals surface area (Å²) in [6.45, 7) is 2.00. The van der Waals surface area contributed by atoms with Gasteiger partial charge in [-0.25, -0.2) is 0 Å². The van der Waals surface area contributed by atoms with Crippen LogP contribution in [0.5, 0.6) is 17.2 Å². The van der Waals surface area contributed by atoms with Crippen LogP contribution in [0.3, 0.4) is 0 Å². The number of hydrogen-bond donors (Lipinski definition) is 2. The minimum atomic E-state index is -0.781. The van der Waals surface area contributed by atoms with Crippen LogP contribution in [0.1, 0.15) is 19.8 Å².